The Balaban J connectivity index is 1.29. The first-order chi connectivity index (χ1) is 25.2. The smallest absolute Gasteiger partial charge is 0.201 e. The van der Waals surface area contributed by atoms with Gasteiger partial charge in [0.2, 0.25) is 5.75 Å². The van der Waals surface area contributed by atoms with E-state index in [2.05, 4.69) is 16.4 Å². The second kappa shape index (κ2) is 17.2. The fourth-order valence-corrected chi connectivity index (χ4v) is 9.69. The van der Waals surface area contributed by atoms with Crippen LogP contribution < -0.4 is 10.1 Å². The van der Waals surface area contributed by atoms with Crippen LogP contribution in [0.25, 0.3) is 0 Å². The fourth-order valence-electron chi connectivity index (χ4n) is 9.69. The fraction of sp³-hybridized carbons (Fsp3) is 0.610. The van der Waals surface area contributed by atoms with Crippen molar-refractivity contribution in [1.29, 1.82) is 0 Å². The average Bonchev–Trinajstić information content (AvgIpc) is 3.67. The predicted octanol–water partition coefficient (Wildman–Crippen LogP) is 5.24. The van der Waals surface area contributed by atoms with Gasteiger partial charge in [0.1, 0.15) is 5.75 Å². The molecule has 0 spiro atoms. The Kier molecular flexibility index (Phi) is 12.7. The van der Waals surface area contributed by atoms with E-state index in [9.17, 15) is 35.7 Å². The largest absolute Gasteiger partial charge is 0.508 e. The Labute approximate surface area is 306 Å². The summed E-state index contributed by atoms with van der Waals surface area (Å²) in [6.07, 6.45) is 9.18. The topological polar surface area (TPSA) is 188 Å². The van der Waals surface area contributed by atoms with Gasteiger partial charge in [-0.2, -0.15) is 0 Å². The third-order valence-corrected chi connectivity index (χ3v) is 12.4. The van der Waals surface area contributed by atoms with Gasteiger partial charge in [-0.05, 0) is 129 Å². The highest BCUT2D eigenvalue weighted by Gasteiger charge is 2.45. The minimum atomic E-state index is -0.674. The second-order valence-electron chi connectivity index (χ2n) is 15.4. The number of aliphatic hydroxyl groups is 4. The van der Waals surface area contributed by atoms with Crippen LogP contribution >= 0.6 is 0 Å². The maximum Gasteiger partial charge on any atom is 0.201 e. The summed E-state index contributed by atoms with van der Waals surface area (Å²) >= 11 is 0. The predicted molar refractivity (Wildman–Crippen MR) is 197 cm³/mol. The van der Waals surface area contributed by atoms with E-state index in [1.165, 1.54) is 7.11 Å². The quantitative estimate of drug-likeness (QED) is 0.0996. The molecule has 2 heterocycles. The maximum atomic E-state index is 11.6. The van der Waals surface area contributed by atoms with Crippen molar-refractivity contribution in [1.82, 2.24) is 10.3 Å². The molecule has 6 rings (SSSR count). The summed E-state index contributed by atoms with van der Waals surface area (Å²) in [7, 11) is 3.39. The van der Waals surface area contributed by atoms with Crippen molar-refractivity contribution >= 4 is 0 Å². The van der Waals surface area contributed by atoms with Crippen molar-refractivity contribution in [3.05, 3.63) is 70.0 Å². The monoisotopic (exact) mass is 722 g/mol. The van der Waals surface area contributed by atoms with Gasteiger partial charge in [0.15, 0.2) is 11.5 Å². The van der Waals surface area contributed by atoms with Gasteiger partial charge in [0.25, 0.3) is 0 Å². The summed E-state index contributed by atoms with van der Waals surface area (Å²) in [6, 6.07) is 7.82. The summed E-state index contributed by atoms with van der Waals surface area (Å²) in [6.45, 7) is 0.426. The number of aliphatic hydroxyl groups excluding tert-OH is 4. The summed E-state index contributed by atoms with van der Waals surface area (Å²) in [5, 5.41) is 79.2. The molecule has 0 amide bonds. The van der Waals surface area contributed by atoms with Crippen LogP contribution in [0.1, 0.15) is 116 Å². The molecule has 11 heteroatoms. The average molecular weight is 723 g/mol. The first-order valence-corrected chi connectivity index (χ1v) is 19.1. The van der Waals surface area contributed by atoms with E-state index in [0.717, 1.165) is 61.8 Å². The lowest BCUT2D eigenvalue weighted by Gasteiger charge is -2.46. The van der Waals surface area contributed by atoms with E-state index in [0.29, 0.717) is 42.7 Å². The standard InChI is InChI=1S/C41H58N2O9/c1-42-13-11-23-5-8-27(33(46)4-3-15-44)29(16-23)30-18-25(7-10-34(30)47)26-6-9-28-35(48)20-37(52-36(28)19-26)38-31(17-24-12-14-43-21-24)41(51-2)40(50)39(49)32(38)22-45/h7,10,12,14,18,21,23,26-29,33,35-37,42-50H,3-6,8-9,11,13,15-17,19-20,22H2,1-2H3. The summed E-state index contributed by atoms with van der Waals surface area (Å²) < 4.78 is 12.5. The van der Waals surface area contributed by atoms with Gasteiger partial charge in [-0.3, -0.25) is 0 Å². The van der Waals surface area contributed by atoms with E-state index < -0.39 is 36.4 Å². The van der Waals surface area contributed by atoms with Crippen LogP contribution in [-0.2, 0) is 17.8 Å². The molecular weight excluding hydrogens is 664 g/mol. The number of fused-ring (bicyclic) bond motifs is 1. The Morgan fingerprint density at radius 1 is 1.00 bits per heavy atom. The molecule has 0 radical (unpaired) electrons. The Hall–Kier alpha value is -3.32. The molecular formula is C41H58N2O9. The van der Waals surface area contributed by atoms with Crippen LogP contribution in [0, 0.1) is 17.8 Å². The number of benzene rings is 2. The van der Waals surface area contributed by atoms with Crippen molar-refractivity contribution in [2.24, 2.45) is 17.8 Å². The molecule has 52 heavy (non-hydrogen) atoms. The highest BCUT2D eigenvalue weighted by molar-refractivity contribution is 5.64. The van der Waals surface area contributed by atoms with Crippen molar-refractivity contribution in [3.63, 3.8) is 0 Å². The number of aromatic amines is 1. The molecule has 286 valence electrons. The Morgan fingerprint density at radius 3 is 2.54 bits per heavy atom. The molecule has 2 aliphatic carbocycles. The zero-order valence-electron chi connectivity index (χ0n) is 30.5. The van der Waals surface area contributed by atoms with Gasteiger partial charge < -0.3 is 55.5 Å². The van der Waals surface area contributed by atoms with E-state index in [4.69, 9.17) is 9.47 Å². The number of hydrogen-bond donors (Lipinski definition) is 9. The molecule has 3 fully saturated rings. The number of rotatable bonds is 14. The van der Waals surface area contributed by atoms with Crippen LogP contribution in [0.5, 0.6) is 23.0 Å². The summed E-state index contributed by atoms with van der Waals surface area (Å²) in [5.74, 6) is -0.0566. The van der Waals surface area contributed by atoms with Crippen LogP contribution in [0.3, 0.4) is 0 Å². The lowest BCUT2D eigenvalue weighted by atomic mass is 9.66. The molecule has 11 nitrogen and oxygen atoms in total. The molecule has 2 aromatic carbocycles. The number of phenols is 3. The third-order valence-electron chi connectivity index (χ3n) is 12.4. The van der Waals surface area contributed by atoms with E-state index in [1.807, 2.05) is 25.4 Å². The van der Waals surface area contributed by atoms with Crippen LogP contribution in [0.4, 0.5) is 0 Å². The molecule has 9 atom stereocenters. The van der Waals surface area contributed by atoms with E-state index in [-0.39, 0.29) is 59.9 Å². The second-order valence-corrected chi connectivity index (χ2v) is 15.4. The number of ether oxygens (including phenoxy) is 2. The van der Waals surface area contributed by atoms with Gasteiger partial charge in [0, 0.05) is 48.9 Å². The van der Waals surface area contributed by atoms with Crippen molar-refractivity contribution < 1.29 is 45.2 Å². The van der Waals surface area contributed by atoms with Crippen molar-refractivity contribution in [3.8, 4) is 23.0 Å². The van der Waals surface area contributed by atoms with E-state index >= 15 is 0 Å². The van der Waals surface area contributed by atoms with Crippen LogP contribution in [0.15, 0.2) is 36.7 Å². The van der Waals surface area contributed by atoms with Gasteiger partial charge in [0.05, 0.1) is 38.1 Å². The van der Waals surface area contributed by atoms with Crippen LogP contribution in [-0.4, -0.2) is 86.4 Å². The summed E-state index contributed by atoms with van der Waals surface area (Å²) in [4.78, 5) is 3.05. The number of nitrogens with one attached hydrogen (secondary N) is 2. The van der Waals surface area contributed by atoms with Crippen molar-refractivity contribution in [2.45, 2.75) is 113 Å². The molecule has 1 aromatic heterocycles. The lowest BCUT2D eigenvalue weighted by Crippen LogP contribution is -2.44. The molecule has 3 aliphatic rings. The third kappa shape index (κ3) is 7.95. The highest BCUT2D eigenvalue weighted by atomic mass is 16.5. The van der Waals surface area contributed by atoms with Gasteiger partial charge in [-0.15, -0.1) is 0 Å². The SMILES string of the molecule is CNCCC1CCC(C(O)CCCO)C(c2cc(C3CCC4C(O)CC(c5c(CO)c(O)c(O)c(OC)c5Cc5cc[nH]c5)OC4C3)ccc2O)C1. The molecule has 0 bridgehead atoms. The maximum absolute atomic E-state index is 11.6. The zero-order chi connectivity index (χ0) is 36.9. The zero-order valence-corrected chi connectivity index (χ0v) is 30.5. The number of hydrogen-bond acceptors (Lipinski definition) is 10. The Bertz CT molecular complexity index is 1610. The number of methoxy groups -OCH3 is 1. The molecule has 1 aliphatic heterocycles. The van der Waals surface area contributed by atoms with Gasteiger partial charge >= 0.3 is 0 Å². The molecule has 1 saturated heterocycles. The van der Waals surface area contributed by atoms with Gasteiger partial charge in [-0.1, -0.05) is 12.1 Å². The molecule has 2 saturated carbocycles. The first kappa shape index (κ1) is 38.4. The summed E-state index contributed by atoms with van der Waals surface area (Å²) in [5.41, 5.74) is 4.16. The minimum Gasteiger partial charge on any atom is -0.508 e. The highest BCUT2D eigenvalue weighted by Crippen LogP contribution is 2.53. The normalized spacial score (nSPS) is 28.3. The Morgan fingerprint density at radius 2 is 1.83 bits per heavy atom. The number of aromatic nitrogens is 1. The molecule has 9 N–H and O–H groups in total. The van der Waals surface area contributed by atoms with Crippen molar-refractivity contribution in [2.75, 3.05) is 27.3 Å². The van der Waals surface area contributed by atoms with Crippen LogP contribution in [0.2, 0.25) is 0 Å². The minimum absolute atomic E-state index is 0.00763. The molecule has 9 unspecified atom stereocenters. The first-order valence-electron chi connectivity index (χ1n) is 19.1. The number of H-pyrrole nitrogens is 1. The van der Waals surface area contributed by atoms with Gasteiger partial charge in [-0.25, -0.2) is 0 Å². The van der Waals surface area contributed by atoms with E-state index in [1.54, 1.807) is 12.3 Å². The number of phenolic OH excluding ortho intramolecular Hbond substituents is 2. The number of aromatic hydroxyl groups is 3. The molecule has 3 aromatic rings. The lowest BCUT2D eigenvalue weighted by molar-refractivity contribution is -0.154.